The first-order valence-electron chi connectivity index (χ1n) is 6.08. The Morgan fingerprint density at radius 1 is 1.00 bits per heavy atom. The molecular weight excluding hydrogens is 286 g/mol. The molecule has 0 saturated carbocycles. The number of hydrogen-bond acceptors (Lipinski definition) is 1. The smallest absolute Gasteiger partial charge is 0.0421 e. The first-order valence-corrected chi connectivity index (χ1v) is 6.87. The SMILES string of the molecule is Cc1ccc(C(C)(N)Cc2ccc(Br)cc2)cc1. The van der Waals surface area contributed by atoms with Crippen molar-refractivity contribution in [2.45, 2.75) is 25.8 Å². The standard InChI is InChI=1S/C16H18BrN/c1-12-3-7-14(8-4-12)16(2,18)11-13-5-9-15(17)10-6-13/h3-10H,11,18H2,1-2H3. The van der Waals surface area contributed by atoms with Gasteiger partial charge in [-0.05, 0) is 43.5 Å². The lowest BCUT2D eigenvalue weighted by molar-refractivity contribution is 0.491. The summed E-state index contributed by atoms with van der Waals surface area (Å²) in [5.41, 5.74) is 9.81. The van der Waals surface area contributed by atoms with Crippen molar-refractivity contribution in [3.05, 3.63) is 69.7 Å². The Morgan fingerprint density at radius 3 is 2.11 bits per heavy atom. The zero-order chi connectivity index (χ0) is 13.2. The van der Waals surface area contributed by atoms with Gasteiger partial charge in [-0.15, -0.1) is 0 Å². The molecule has 0 spiro atoms. The highest BCUT2D eigenvalue weighted by Gasteiger charge is 2.21. The Labute approximate surface area is 117 Å². The van der Waals surface area contributed by atoms with Crippen molar-refractivity contribution in [1.29, 1.82) is 0 Å². The minimum absolute atomic E-state index is 0.332. The van der Waals surface area contributed by atoms with Crippen LogP contribution in [0.4, 0.5) is 0 Å². The van der Waals surface area contributed by atoms with E-state index in [9.17, 15) is 0 Å². The third-order valence-electron chi connectivity index (χ3n) is 3.20. The lowest BCUT2D eigenvalue weighted by Crippen LogP contribution is -2.35. The first-order chi connectivity index (χ1) is 8.47. The summed E-state index contributed by atoms with van der Waals surface area (Å²) < 4.78 is 1.10. The van der Waals surface area contributed by atoms with Crippen molar-refractivity contribution in [3.8, 4) is 0 Å². The molecule has 2 N–H and O–H groups in total. The largest absolute Gasteiger partial charge is 0.321 e. The molecule has 1 nitrogen and oxygen atoms in total. The predicted octanol–water partition coefficient (Wildman–Crippen LogP) is 4.17. The van der Waals surface area contributed by atoms with Gasteiger partial charge in [-0.2, -0.15) is 0 Å². The Bertz CT molecular complexity index is 512. The van der Waals surface area contributed by atoms with E-state index in [-0.39, 0.29) is 5.54 Å². The van der Waals surface area contributed by atoms with Gasteiger partial charge in [0.25, 0.3) is 0 Å². The average Bonchev–Trinajstić information content (AvgIpc) is 2.32. The van der Waals surface area contributed by atoms with E-state index in [1.54, 1.807) is 0 Å². The van der Waals surface area contributed by atoms with Crippen LogP contribution < -0.4 is 5.73 Å². The van der Waals surface area contributed by atoms with Crippen molar-refractivity contribution < 1.29 is 0 Å². The summed E-state index contributed by atoms with van der Waals surface area (Å²) in [7, 11) is 0. The van der Waals surface area contributed by atoms with E-state index in [1.807, 2.05) is 0 Å². The summed E-state index contributed by atoms with van der Waals surface area (Å²) in [5.74, 6) is 0. The summed E-state index contributed by atoms with van der Waals surface area (Å²) in [6.45, 7) is 4.17. The van der Waals surface area contributed by atoms with Crippen LogP contribution in [0, 0.1) is 6.92 Å². The topological polar surface area (TPSA) is 26.0 Å². The lowest BCUT2D eigenvalue weighted by Gasteiger charge is -2.25. The van der Waals surface area contributed by atoms with Crippen molar-refractivity contribution >= 4 is 15.9 Å². The maximum absolute atomic E-state index is 6.45. The van der Waals surface area contributed by atoms with Gasteiger partial charge in [0, 0.05) is 10.0 Å². The molecule has 1 unspecified atom stereocenters. The fourth-order valence-electron chi connectivity index (χ4n) is 2.06. The summed E-state index contributed by atoms with van der Waals surface area (Å²) >= 11 is 3.45. The average molecular weight is 304 g/mol. The molecule has 0 amide bonds. The van der Waals surface area contributed by atoms with Crippen LogP contribution in [-0.2, 0) is 12.0 Å². The molecule has 0 aliphatic heterocycles. The molecule has 0 heterocycles. The summed E-state index contributed by atoms with van der Waals surface area (Å²) in [6.07, 6.45) is 0.837. The highest BCUT2D eigenvalue weighted by atomic mass is 79.9. The van der Waals surface area contributed by atoms with Crippen LogP contribution in [0.5, 0.6) is 0 Å². The lowest BCUT2D eigenvalue weighted by atomic mass is 9.86. The summed E-state index contributed by atoms with van der Waals surface area (Å²) in [4.78, 5) is 0. The minimum atomic E-state index is -0.332. The van der Waals surface area contributed by atoms with E-state index in [4.69, 9.17) is 5.73 Å². The van der Waals surface area contributed by atoms with E-state index in [2.05, 4.69) is 78.3 Å². The number of aryl methyl sites for hydroxylation is 1. The van der Waals surface area contributed by atoms with Crippen LogP contribution in [0.25, 0.3) is 0 Å². The quantitative estimate of drug-likeness (QED) is 0.904. The van der Waals surface area contributed by atoms with Crippen LogP contribution in [0.2, 0.25) is 0 Å². The molecule has 0 radical (unpaired) electrons. The fraction of sp³-hybridized carbons (Fsp3) is 0.250. The monoisotopic (exact) mass is 303 g/mol. The normalized spacial score (nSPS) is 14.2. The predicted molar refractivity (Wildman–Crippen MR) is 80.6 cm³/mol. The molecule has 0 aliphatic rings. The molecule has 0 aromatic heterocycles. The Balaban J connectivity index is 2.20. The van der Waals surface area contributed by atoms with Crippen LogP contribution in [0.1, 0.15) is 23.6 Å². The molecule has 0 fully saturated rings. The van der Waals surface area contributed by atoms with Crippen molar-refractivity contribution in [2.24, 2.45) is 5.73 Å². The molecule has 0 aliphatic carbocycles. The van der Waals surface area contributed by atoms with E-state index in [0.29, 0.717) is 0 Å². The Morgan fingerprint density at radius 2 is 1.56 bits per heavy atom. The van der Waals surface area contributed by atoms with Crippen LogP contribution in [-0.4, -0.2) is 0 Å². The number of benzene rings is 2. The summed E-state index contributed by atoms with van der Waals surface area (Å²) in [5, 5.41) is 0. The van der Waals surface area contributed by atoms with E-state index in [0.717, 1.165) is 10.9 Å². The second-order valence-corrected chi connectivity index (χ2v) is 6.00. The molecule has 0 bridgehead atoms. The fourth-order valence-corrected chi connectivity index (χ4v) is 2.33. The zero-order valence-corrected chi connectivity index (χ0v) is 12.4. The number of nitrogens with two attached hydrogens (primary N) is 1. The van der Waals surface area contributed by atoms with Crippen molar-refractivity contribution in [3.63, 3.8) is 0 Å². The molecule has 2 heteroatoms. The first kappa shape index (κ1) is 13.3. The Hall–Kier alpha value is -1.12. The number of hydrogen-bond donors (Lipinski definition) is 1. The number of rotatable bonds is 3. The van der Waals surface area contributed by atoms with Gasteiger partial charge in [0.2, 0.25) is 0 Å². The van der Waals surface area contributed by atoms with Gasteiger partial charge in [-0.25, -0.2) is 0 Å². The minimum Gasteiger partial charge on any atom is -0.321 e. The van der Waals surface area contributed by atoms with Gasteiger partial charge in [0.15, 0.2) is 0 Å². The van der Waals surface area contributed by atoms with Gasteiger partial charge in [0.1, 0.15) is 0 Å². The van der Waals surface area contributed by atoms with Gasteiger partial charge in [-0.1, -0.05) is 57.9 Å². The third-order valence-corrected chi connectivity index (χ3v) is 3.72. The molecule has 2 rings (SSSR count). The molecule has 1 atom stereocenters. The second kappa shape index (κ2) is 5.25. The second-order valence-electron chi connectivity index (χ2n) is 5.09. The molecule has 18 heavy (non-hydrogen) atoms. The van der Waals surface area contributed by atoms with Gasteiger partial charge in [0.05, 0.1) is 0 Å². The van der Waals surface area contributed by atoms with Crippen molar-refractivity contribution in [2.75, 3.05) is 0 Å². The van der Waals surface area contributed by atoms with Crippen LogP contribution in [0.3, 0.4) is 0 Å². The molecule has 94 valence electrons. The van der Waals surface area contributed by atoms with Crippen molar-refractivity contribution in [1.82, 2.24) is 0 Å². The van der Waals surface area contributed by atoms with Crippen LogP contribution in [0.15, 0.2) is 53.0 Å². The maximum Gasteiger partial charge on any atom is 0.0421 e. The Kier molecular flexibility index (Phi) is 3.88. The molecule has 2 aromatic rings. The highest BCUT2D eigenvalue weighted by Crippen LogP contribution is 2.24. The van der Waals surface area contributed by atoms with Gasteiger partial charge in [-0.3, -0.25) is 0 Å². The highest BCUT2D eigenvalue weighted by molar-refractivity contribution is 9.10. The zero-order valence-electron chi connectivity index (χ0n) is 10.8. The number of halogens is 1. The molecule has 2 aromatic carbocycles. The van der Waals surface area contributed by atoms with Gasteiger partial charge >= 0.3 is 0 Å². The van der Waals surface area contributed by atoms with E-state index >= 15 is 0 Å². The maximum atomic E-state index is 6.45. The molecular formula is C16H18BrN. The van der Waals surface area contributed by atoms with E-state index < -0.39 is 0 Å². The van der Waals surface area contributed by atoms with Gasteiger partial charge < -0.3 is 5.73 Å². The van der Waals surface area contributed by atoms with E-state index in [1.165, 1.54) is 16.7 Å². The summed E-state index contributed by atoms with van der Waals surface area (Å²) in [6, 6.07) is 16.8. The third kappa shape index (κ3) is 3.21. The molecule has 0 saturated heterocycles. The van der Waals surface area contributed by atoms with Crippen LogP contribution >= 0.6 is 15.9 Å².